The van der Waals surface area contributed by atoms with Gasteiger partial charge in [-0.25, -0.2) is 4.79 Å². The summed E-state index contributed by atoms with van der Waals surface area (Å²) in [5.41, 5.74) is -0.220. The van der Waals surface area contributed by atoms with Crippen LogP contribution in [0.2, 0.25) is 0 Å². The van der Waals surface area contributed by atoms with Gasteiger partial charge >= 0.3 is 12.0 Å². The van der Waals surface area contributed by atoms with Crippen molar-refractivity contribution in [1.82, 2.24) is 15.1 Å². The van der Waals surface area contributed by atoms with Gasteiger partial charge < -0.3 is 15.7 Å². The lowest BCUT2D eigenvalue weighted by Gasteiger charge is -2.23. The second kappa shape index (κ2) is 5.29. The summed E-state index contributed by atoms with van der Waals surface area (Å²) in [5.74, 6) is -0.827. The van der Waals surface area contributed by atoms with E-state index >= 15 is 0 Å². The molecule has 0 aliphatic heterocycles. The molecular weight excluding hydrogens is 248 g/mol. The first kappa shape index (κ1) is 13.4. The Morgan fingerprint density at radius 2 is 2.16 bits per heavy atom. The van der Waals surface area contributed by atoms with Crippen molar-refractivity contribution in [1.29, 1.82) is 0 Å². The van der Waals surface area contributed by atoms with Crippen LogP contribution < -0.4 is 10.6 Å². The summed E-state index contributed by atoms with van der Waals surface area (Å²) in [5, 5.41) is 18.5. The summed E-state index contributed by atoms with van der Waals surface area (Å²) >= 11 is 0. The maximum absolute atomic E-state index is 11.7. The van der Waals surface area contributed by atoms with Gasteiger partial charge in [-0.2, -0.15) is 5.10 Å². The van der Waals surface area contributed by atoms with Gasteiger partial charge in [-0.05, 0) is 12.8 Å². The number of aromatic nitrogens is 2. The van der Waals surface area contributed by atoms with Gasteiger partial charge in [-0.3, -0.25) is 9.48 Å². The number of aliphatic carboxylic acids is 1. The van der Waals surface area contributed by atoms with Crippen LogP contribution in [-0.2, 0) is 11.8 Å². The molecule has 1 fully saturated rings. The lowest BCUT2D eigenvalue weighted by molar-refractivity contribution is -0.148. The largest absolute Gasteiger partial charge is 0.481 e. The molecule has 0 bridgehead atoms. The van der Waals surface area contributed by atoms with E-state index in [0.29, 0.717) is 18.5 Å². The normalized spacial score (nSPS) is 17.1. The van der Waals surface area contributed by atoms with Crippen molar-refractivity contribution >= 4 is 17.7 Å². The van der Waals surface area contributed by atoms with E-state index in [4.69, 9.17) is 0 Å². The molecule has 0 unspecified atom stereocenters. The highest BCUT2D eigenvalue weighted by molar-refractivity contribution is 5.89. The Kier molecular flexibility index (Phi) is 3.73. The maximum Gasteiger partial charge on any atom is 0.319 e. The van der Waals surface area contributed by atoms with Crippen LogP contribution in [-0.4, -0.2) is 33.4 Å². The number of urea groups is 1. The highest BCUT2D eigenvalue weighted by Gasteiger charge is 2.41. The first-order valence-corrected chi connectivity index (χ1v) is 6.29. The Morgan fingerprint density at radius 1 is 1.47 bits per heavy atom. The predicted molar refractivity (Wildman–Crippen MR) is 68.8 cm³/mol. The zero-order chi connectivity index (χ0) is 13.9. The van der Waals surface area contributed by atoms with Crippen LogP contribution >= 0.6 is 0 Å². The third-order valence-corrected chi connectivity index (χ3v) is 3.56. The third-order valence-electron chi connectivity index (χ3n) is 3.56. The van der Waals surface area contributed by atoms with E-state index in [2.05, 4.69) is 15.7 Å². The Morgan fingerprint density at radius 3 is 2.68 bits per heavy atom. The van der Waals surface area contributed by atoms with Gasteiger partial charge in [0.15, 0.2) is 0 Å². The first-order valence-electron chi connectivity index (χ1n) is 6.29. The minimum absolute atomic E-state index is 0.161. The molecule has 0 saturated heterocycles. The molecule has 1 aromatic rings. The van der Waals surface area contributed by atoms with Gasteiger partial charge in [0.05, 0.1) is 17.3 Å². The number of hydrogen-bond donors (Lipinski definition) is 3. The van der Waals surface area contributed by atoms with Crippen LogP contribution in [0, 0.1) is 5.41 Å². The molecule has 19 heavy (non-hydrogen) atoms. The average Bonchev–Trinajstić information content (AvgIpc) is 2.97. The van der Waals surface area contributed by atoms with Crippen molar-refractivity contribution in [3.05, 3.63) is 12.4 Å². The van der Waals surface area contributed by atoms with Crippen molar-refractivity contribution in [2.24, 2.45) is 12.5 Å². The fourth-order valence-electron chi connectivity index (χ4n) is 2.43. The lowest BCUT2D eigenvalue weighted by Crippen LogP contribution is -2.42. The SMILES string of the molecule is Cn1cc(NC(=O)NCC2(C(=O)O)CCCC2)cn1. The fraction of sp³-hybridized carbons (Fsp3) is 0.583. The Balaban J connectivity index is 1.87. The van der Waals surface area contributed by atoms with Crippen molar-refractivity contribution < 1.29 is 14.7 Å². The minimum atomic E-state index is -0.827. The Labute approximate surface area is 111 Å². The van der Waals surface area contributed by atoms with E-state index < -0.39 is 17.4 Å². The van der Waals surface area contributed by atoms with Crippen molar-refractivity contribution in [2.45, 2.75) is 25.7 Å². The van der Waals surface area contributed by atoms with Gasteiger partial charge in [0.25, 0.3) is 0 Å². The van der Waals surface area contributed by atoms with E-state index in [1.165, 1.54) is 6.20 Å². The van der Waals surface area contributed by atoms with Crippen LogP contribution in [0.1, 0.15) is 25.7 Å². The molecule has 0 aromatic carbocycles. The van der Waals surface area contributed by atoms with Gasteiger partial charge in [0.2, 0.25) is 0 Å². The zero-order valence-electron chi connectivity index (χ0n) is 10.8. The molecule has 1 heterocycles. The molecular formula is C12H18N4O3. The quantitative estimate of drug-likeness (QED) is 0.762. The molecule has 7 nitrogen and oxygen atoms in total. The molecule has 104 valence electrons. The number of hydrogen-bond acceptors (Lipinski definition) is 3. The Bertz CT molecular complexity index is 477. The van der Waals surface area contributed by atoms with Crippen molar-refractivity contribution in [2.75, 3.05) is 11.9 Å². The van der Waals surface area contributed by atoms with Gasteiger partial charge in [0, 0.05) is 19.8 Å². The fourth-order valence-corrected chi connectivity index (χ4v) is 2.43. The standard InChI is InChI=1S/C12H18N4O3/c1-16-7-9(6-14-16)15-11(19)13-8-12(10(17)18)4-2-3-5-12/h6-7H,2-5,8H2,1H3,(H,17,18)(H2,13,15,19). The van der Waals surface area contributed by atoms with Crippen LogP contribution in [0.15, 0.2) is 12.4 Å². The summed E-state index contributed by atoms with van der Waals surface area (Å²) in [6, 6.07) is -0.402. The van der Waals surface area contributed by atoms with Crippen molar-refractivity contribution in [3.8, 4) is 0 Å². The highest BCUT2D eigenvalue weighted by Crippen LogP contribution is 2.37. The monoisotopic (exact) mass is 266 g/mol. The zero-order valence-corrected chi connectivity index (χ0v) is 10.8. The number of carboxylic acid groups (broad SMARTS) is 1. The number of carboxylic acids is 1. The smallest absolute Gasteiger partial charge is 0.319 e. The molecule has 0 atom stereocenters. The third kappa shape index (κ3) is 3.04. The molecule has 7 heteroatoms. The second-order valence-corrected chi connectivity index (χ2v) is 5.00. The molecule has 2 amide bonds. The molecule has 0 spiro atoms. The van der Waals surface area contributed by atoms with Gasteiger partial charge in [-0.15, -0.1) is 0 Å². The number of nitrogens with one attached hydrogen (secondary N) is 2. The maximum atomic E-state index is 11.7. The van der Waals surface area contributed by atoms with E-state index in [1.807, 2.05) is 0 Å². The van der Waals surface area contributed by atoms with Crippen LogP contribution in [0.5, 0.6) is 0 Å². The lowest BCUT2D eigenvalue weighted by atomic mass is 9.86. The Hall–Kier alpha value is -2.05. The molecule has 1 aliphatic rings. The summed E-state index contributed by atoms with van der Waals surface area (Å²) in [4.78, 5) is 23.0. The molecule has 1 aliphatic carbocycles. The topological polar surface area (TPSA) is 96.2 Å². The minimum Gasteiger partial charge on any atom is -0.481 e. The first-order chi connectivity index (χ1) is 9.02. The average molecular weight is 266 g/mol. The van der Waals surface area contributed by atoms with E-state index in [9.17, 15) is 14.7 Å². The number of amides is 2. The van der Waals surface area contributed by atoms with Crippen LogP contribution in [0.25, 0.3) is 0 Å². The number of aryl methyl sites for hydroxylation is 1. The van der Waals surface area contributed by atoms with Gasteiger partial charge in [-0.1, -0.05) is 12.8 Å². The summed E-state index contributed by atoms with van der Waals surface area (Å²) in [6.45, 7) is 0.161. The summed E-state index contributed by atoms with van der Waals surface area (Å²) in [6.07, 6.45) is 6.24. The molecule has 0 radical (unpaired) electrons. The van der Waals surface area contributed by atoms with Crippen LogP contribution in [0.4, 0.5) is 10.5 Å². The summed E-state index contributed by atoms with van der Waals surface area (Å²) < 4.78 is 1.57. The van der Waals surface area contributed by atoms with E-state index in [0.717, 1.165) is 12.8 Å². The number of carbonyl (C=O) groups is 2. The second-order valence-electron chi connectivity index (χ2n) is 5.00. The highest BCUT2D eigenvalue weighted by atomic mass is 16.4. The number of nitrogens with zero attached hydrogens (tertiary/aromatic N) is 2. The number of rotatable bonds is 4. The predicted octanol–water partition coefficient (Wildman–Crippen LogP) is 1.19. The van der Waals surface area contributed by atoms with E-state index in [1.54, 1.807) is 17.9 Å². The molecule has 1 aromatic heterocycles. The van der Waals surface area contributed by atoms with Gasteiger partial charge in [0.1, 0.15) is 0 Å². The molecule has 1 saturated carbocycles. The van der Waals surface area contributed by atoms with Crippen LogP contribution in [0.3, 0.4) is 0 Å². The summed E-state index contributed by atoms with van der Waals surface area (Å²) in [7, 11) is 1.75. The number of anilines is 1. The molecule has 2 rings (SSSR count). The molecule has 3 N–H and O–H groups in total. The van der Waals surface area contributed by atoms with E-state index in [-0.39, 0.29) is 6.54 Å². The number of carbonyl (C=O) groups excluding carboxylic acids is 1. The van der Waals surface area contributed by atoms with Crippen molar-refractivity contribution in [3.63, 3.8) is 0 Å².